The number of ether oxygens (including phenoxy) is 4. The second-order valence-corrected chi connectivity index (χ2v) is 11.3. The SMILES string of the molecule is COc1ccc2c3c(OC)cc4cccc5c6c(OC)ccc7c8c(OC)cc9cccc%10c1c2c(c8c9%10)c(c76)c3c45. The molecule has 0 amide bonds. The molecule has 0 bridgehead atoms. The number of methoxy groups -OCH3 is 4. The van der Waals surface area contributed by atoms with Gasteiger partial charge in [0, 0.05) is 53.9 Å². The molecule has 0 unspecified atom stereocenters. The summed E-state index contributed by atoms with van der Waals surface area (Å²) in [5, 5.41) is 21.4. The number of benzene rings is 10. The van der Waals surface area contributed by atoms with Gasteiger partial charge in [0.15, 0.2) is 0 Å². The van der Waals surface area contributed by atoms with E-state index in [2.05, 4.69) is 72.8 Å². The first kappa shape index (κ1) is 22.5. The maximum absolute atomic E-state index is 6.18. The smallest absolute Gasteiger partial charge is 0.127 e. The van der Waals surface area contributed by atoms with Gasteiger partial charge in [-0.3, -0.25) is 0 Å². The Labute approximate surface area is 239 Å². The highest BCUT2D eigenvalue weighted by molar-refractivity contribution is 6.55. The van der Waals surface area contributed by atoms with Gasteiger partial charge in [0.05, 0.1) is 28.4 Å². The van der Waals surface area contributed by atoms with Crippen LogP contribution in [0.1, 0.15) is 0 Å². The van der Waals surface area contributed by atoms with Gasteiger partial charge in [-0.1, -0.05) is 36.4 Å². The summed E-state index contributed by atoms with van der Waals surface area (Å²) in [4.78, 5) is 0. The fraction of sp³-hybridized carbons (Fsp3) is 0.105. The Kier molecular flexibility index (Phi) is 3.93. The normalized spacial score (nSPS) is 12.8. The Morgan fingerprint density at radius 1 is 0.310 bits per heavy atom. The van der Waals surface area contributed by atoms with Crippen LogP contribution in [0.2, 0.25) is 0 Å². The molecule has 0 fully saturated rings. The van der Waals surface area contributed by atoms with Crippen molar-refractivity contribution in [3.05, 3.63) is 72.8 Å². The summed E-state index contributed by atoms with van der Waals surface area (Å²) < 4.78 is 24.5. The van der Waals surface area contributed by atoms with E-state index in [9.17, 15) is 0 Å². The van der Waals surface area contributed by atoms with Crippen LogP contribution in [0.5, 0.6) is 23.0 Å². The second kappa shape index (κ2) is 7.34. The van der Waals surface area contributed by atoms with Gasteiger partial charge in [0.2, 0.25) is 0 Å². The highest BCUT2D eigenvalue weighted by Crippen LogP contribution is 2.59. The minimum absolute atomic E-state index is 0.869. The monoisotopic (exact) mass is 544 g/mol. The maximum atomic E-state index is 6.18. The maximum Gasteiger partial charge on any atom is 0.127 e. The third-order valence-corrected chi connectivity index (χ3v) is 9.80. The van der Waals surface area contributed by atoms with Crippen molar-refractivity contribution in [2.75, 3.05) is 28.4 Å². The van der Waals surface area contributed by atoms with Crippen LogP contribution in [0.25, 0.3) is 97.0 Å². The van der Waals surface area contributed by atoms with Crippen LogP contribution in [0.3, 0.4) is 0 Å². The predicted octanol–water partition coefficient (Wildman–Crippen LogP) is 9.85. The summed E-state index contributed by atoms with van der Waals surface area (Å²) in [5.41, 5.74) is 0. The molecule has 0 aliphatic heterocycles. The number of rotatable bonds is 4. The van der Waals surface area contributed by atoms with Crippen LogP contribution in [0.4, 0.5) is 0 Å². The van der Waals surface area contributed by atoms with Gasteiger partial charge in [0.1, 0.15) is 23.0 Å². The fourth-order valence-corrected chi connectivity index (χ4v) is 8.36. The van der Waals surface area contributed by atoms with Gasteiger partial charge in [0.25, 0.3) is 0 Å². The summed E-state index contributed by atoms with van der Waals surface area (Å²) in [7, 11) is 7.09. The Hall–Kier alpha value is -5.22. The number of hydrogen-bond acceptors (Lipinski definition) is 4. The zero-order valence-electron chi connectivity index (χ0n) is 23.6. The molecule has 0 saturated heterocycles. The minimum atomic E-state index is 0.869. The number of hydrogen-bond donors (Lipinski definition) is 0. The van der Waals surface area contributed by atoms with E-state index in [1.54, 1.807) is 28.4 Å². The quantitative estimate of drug-likeness (QED) is 0.163. The van der Waals surface area contributed by atoms with Gasteiger partial charge < -0.3 is 18.9 Å². The topological polar surface area (TPSA) is 36.9 Å². The largest absolute Gasteiger partial charge is 0.496 e. The molecule has 0 aromatic heterocycles. The molecule has 4 nitrogen and oxygen atoms in total. The fourth-order valence-electron chi connectivity index (χ4n) is 8.36. The average Bonchev–Trinajstić information content (AvgIpc) is 3.04. The van der Waals surface area contributed by atoms with E-state index < -0.39 is 0 Å². The molecule has 0 spiro atoms. The van der Waals surface area contributed by atoms with Gasteiger partial charge in [-0.2, -0.15) is 0 Å². The first-order chi connectivity index (χ1) is 20.7. The van der Waals surface area contributed by atoms with Crippen molar-refractivity contribution < 1.29 is 18.9 Å². The van der Waals surface area contributed by atoms with E-state index in [-0.39, 0.29) is 0 Å². The molecule has 0 heterocycles. The van der Waals surface area contributed by atoms with E-state index in [1.807, 2.05) is 0 Å². The van der Waals surface area contributed by atoms with Crippen LogP contribution in [-0.2, 0) is 0 Å². The van der Waals surface area contributed by atoms with Gasteiger partial charge in [-0.15, -0.1) is 0 Å². The van der Waals surface area contributed by atoms with Gasteiger partial charge in [-0.05, 0) is 79.5 Å². The van der Waals surface area contributed by atoms with Crippen molar-refractivity contribution in [1.29, 1.82) is 0 Å². The molecule has 0 aliphatic carbocycles. The van der Waals surface area contributed by atoms with Crippen LogP contribution in [0.15, 0.2) is 72.8 Å². The highest BCUT2D eigenvalue weighted by atomic mass is 16.5. The van der Waals surface area contributed by atoms with Crippen LogP contribution in [0, 0.1) is 0 Å². The lowest BCUT2D eigenvalue weighted by Gasteiger charge is -2.27. The zero-order chi connectivity index (χ0) is 28.0. The van der Waals surface area contributed by atoms with Crippen molar-refractivity contribution in [3.63, 3.8) is 0 Å². The van der Waals surface area contributed by atoms with Crippen molar-refractivity contribution in [2.45, 2.75) is 0 Å². The molecular formula is C38H24O4. The lowest BCUT2D eigenvalue weighted by Crippen LogP contribution is -2.00. The van der Waals surface area contributed by atoms with Crippen molar-refractivity contribution >= 4 is 97.0 Å². The van der Waals surface area contributed by atoms with E-state index in [0.29, 0.717) is 0 Å². The van der Waals surface area contributed by atoms with Gasteiger partial charge in [-0.25, -0.2) is 0 Å². The summed E-state index contributed by atoms with van der Waals surface area (Å²) in [6, 6.07) is 26.2. The Balaban J connectivity index is 1.76. The highest BCUT2D eigenvalue weighted by Gasteiger charge is 2.30. The molecular weight excluding hydrogens is 520 g/mol. The summed E-state index contributed by atoms with van der Waals surface area (Å²) in [6.45, 7) is 0. The van der Waals surface area contributed by atoms with Crippen LogP contribution in [-0.4, -0.2) is 28.4 Å². The molecule has 10 aromatic carbocycles. The predicted molar refractivity (Wildman–Crippen MR) is 175 cm³/mol. The molecule has 0 aliphatic rings. The third-order valence-electron chi connectivity index (χ3n) is 9.80. The van der Waals surface area contributed by atoms with Crippen molar-refractivity contribution in [2.24, 2.45) is 0 Å². The Bertz CT molecular complexity index is 2530. The molecule has 200 valence electrons. The molecule has 10 rings (SSSR count). The summed E-state index contributed by atoms with van der Waals surface area (Å²) >= 11 is 0. The average molecular weight is 545 g/mol. The van der Waals surface area contributed by atoms with E-state index >= 15 is 0 Å². The summed E-state index contributed by atoms with van der Waals surface area (Å²) in [5.74, 6) is 3.49. The van der Waals surface area contributed by atoms with Crippen LogP contribution >= 0.6 is 0 Å². The molecule has 42 heavy (non-hydrogen) atoms. The van der Waals surface area contributed by atoms with E-state index in [0.717, 1.165) is 55.3 Å². The zero-order valence-corrected chi connectivity index (χ0v) is 23.6. The van der Waals surface area contributed by atoms with Crippen LogP contribution < -0.4 is 18.9 Å². The first-order valence-corrected chi connectivity index (χ1v) is 14.2. The molecule has 0 atom stereocenters. The number of fused-ring (bicyclic) bond motifs is 4. The molecule has 0 radical (unpaired) electrons. The van der Waals surface area contributed by atoms with Crippen molar-refractivity contribution in [1.82, 2.24) is 0 Å². The van der Waals surface area contributed by atoms with E-state index in [4.69, 9.17) is 18.9 Å². The summed E-state index contributed by atoms with van der Waals surface area (Å²) in [6.07, 6.45) is 0. The molecule has 0 saturated carbocycles. The Morgan fingerprint density at radius 3 is 1.07 bits per heavy atom. The lowest BCUT2D eigenvalue weighted by atomic mass is 9.77. The lowest BCUT2D eigenvalue weighted by molar-refractivity contribution is 0.419. The third kappa shape index (κ3) is 2.25. The second-order valence-electron chi connectivity index (χ2n) is 11.3. The van der Waals surface area contributed by atoms with Crippen molar-refractivity contribution in [3.8, 4) is 23.0 Å². The first-order valence-electron chi connectivity index (χ1n) is 14.2. The molecule has 10 aromatic rings. The Morgan fingerprint density at radius 2 is 0.667 bits per heavy atom. The molecule has 0 N–H and O–H groups in total. The molecule has 4 heteroatoms. The van der Waals surface area contributed by atoms with Gasteiger partial charge >= 0.3 is 0 Å². The minimum Gasteiger partial charge on any atom is -0.496 e. The van der Waals surface area contributed by atoms with E-state index in [1.165, 1.54) is 64.6 Å². The standard InChI is InChI=1S/C38H24O4/c1-39-23-13-11-21-31-25(41-3)16-18-8-6-10-20-28(18)36(31)38-34-22(12-14-24(40-2)30(20)34)32-26(42-4)15-17-7-5-9-19-27(17)35(32)37(38)33(21)29(19)23/h5-16H,1-4H3.